The number of benzene rings is 2. The molecule has 0 saturated carbocycles. The highest BCUT2D eigenvalue weighted by atomic mass is 32.1. The molecule has 1 heterocycles. The lowest BCUT2D eigenvalue weighted by Crippen LogP contribution is -1.86. The molecule has 3 rings (SSSR count). The first kappa shape index (κ1) is 12.8. The van der Waals surface area contributed by atoms with Crippen LogP contribution in [0.15, 0.2) is 48.5 Å². The van der Waals surface area contributed by atoms with Gasteiger partial charge in [-0.25, -0.2) is 9.37 Å². The Morgan fingerprint density at radius 1 is 1.10 bits per heavy atom. The number of nitrogens with zero attached hydrogens (tertiary/aromatic N) is 1. The highest BCUT2D eigenvalue weighted by Crippen LogP contribution is 2.35. The SMILES string of the molecule is Cc1sc(-c2cccc(O)c2)nc1-c1ccccc1F. The topological polar surface area (TPSA) is 33.1 Å². The summed E-state index contributed by atoms with van der Waals surface area (Å²) in [7, 11) is 0. The standard InChI is InChI=1S/C16H12FNOS/c1-10-15(13-7-2-3-8-14(13)17)18-16(20-10)11-5-4-6-12(19)9-11/h2-9,19H,1H3. The van der Waals surface area contributed by atoms with Crippen LogP contribution in [0.4, 0.5) is 4.39 Å². The number of hydrogen-bond acceptors (Lipinski definition) is 3. The molecule has 1 aromatic heterocycles. The molecule has 0 aliphatic rings. The average molecular weight is 285 g/mol. The predicted octanol–water partition coefficient (Wildman–Crippen LogP) is 4.63. The van der Waals surface area contributed by atoms with Crippen molar-refractivity contribution in [2.24, 2.45) is 0 Å². The Labute approximate surface area is 120 Å². The molecule has 3 aromatic rings. The van der Waals surface area contributed by atoms with Crippen LogP contribution in [-0.2, 0) is 0 Å². The molecule has 2 aromatic carbocycles. The molecule has 0 spiro atoms. The summed E-state index contributed by atoms with van der Waals surface area (Å²) in [6.07, 6.45) is 0. The first-order valence-corrected chi connectivity index (χ1v) is 6.98. The van der Waals surface area contributed by atoms with Crippen LogP contribution in [0.3, 0.4) is 0 Å². The number of hydrogen-bond donors (Lipinski definition) is 1. The Kier molecular flexibility index (Phi) is 3.24. The van der Waals surface area contributed by atoms with Crippen molar-refractivity contribution in [3.8, 4) is 27.6 Å². The molecule has 0 bridgehead atoms. The maximum atomic E-state index is 13.9. The maximum Gasteiger partial charge on any atom is 0.132 e. The molecule has 0 radical (unpaired) electrons. The fraction of sp³-hybridized carbons (Fsp3) is 0.0625. The Morgan fingerprint density at radius 3 is 2.65 bits per heavy atom. The summed E-state index contributed by atoms with van der Waals surface area (Å²) in [4.78, 5) is 5.47. The third kappa shape index (κ3) is 2.30. The van der Waals surface area contributed by atoms with Crippen LogP contribution in [0.5, 0.6) is 5.75 Å². The monoisotopic (exact) mass is 285 g/mol. The van der Waals surface area contributed by atoms with E-state index in [1.165, 1.54) is 17.4 Å². The van der Waals surface area contributed by atoms with E-state index in [-0.39, 0.29) is 11.6 Å². The molecule has 0 aliphatic carbocycles. The summed E-state index contributed by atoms with van der Waals surface area (Å²) in [6.45, 7) is 1.92. The van der Waals surface area contributed by atoms with Crippen molar-refractivity contribution in [2.75, 3.05) is 0 Å². The van der Waals surface area contributed by atoms with Crippen molar-refractivity contribution in [2.45, 2.75) is 6.92 Å². The van der Waals surface area contributed by atoms with Crippen LogP contribution in [-0.4, -0.2) is 10.1 Å². The van der Waals surface area contributed by atoms with Gasteiger partial charge in [0.15, 0.2) is 0 Å². The zero-order valence-electron chi connectivity index (χ0n) is 10.8. The van der Waals surface area contributed by atoms with Gasteiger partial charge in [-0.1, -0.05) is 24.3 Å². The molecule has 0 aliphatic heterocycles. The van der Waals surface area contributed by atoms with E-state index in [4.69, 9.17) is 0 Å². The normalized spacial score (nSPS) is 10.7. The van der Waals surface area contributed by atoms with E-state index in [9.17, 15) is 9.50 Å². The van der Waals surface area contributed by atoms with E-state index in [1.807, 2.05) is 13.0 Å². The van der Waals surface area contributed by atoms with Crippen LogP contribution in [0.25, 0.3) is 21.8 Å². The zero-order valence-corrected chi connectivity index (χ0v) is 11.6. The predicted molar refractivity (Wildman–Crippen MR) is 79.3 cm³/mol. The second kappa shape index (κ2) is 5.06. The van der Waals surface area contributed by atoms with E-state index >= 15 is 0 Å². The number of aromatic hydroxyl groups is 1. The van der Waals surface area contributed by atoms with Gasteiger partial charge in [0.2, 0.25) is 0 Å². The van der Waals surface area contributed by atoms with Gasteiger partial charge >= 0.3 is 0 Å². The Bertz CT molecular complexity index is 767. The van der Waals surface area contributed by atoms with Crippen LogP contribution in [0.1, 0.15) is 4.88 Å². The fourth-order valence-electron chi connectivity index (χ4n) is 2.06. The van der Waals surface area contributed by atoms with Crippen LogP contribution in [0, 0.1) is 12.7 Å². The maximum absolute atomic E-state index is 13.9. The first-order valence-electron chi connectivity index (χ1n) is 6.17. The number of aromatic nitrogens is 1. The average Bonchev–Trinajstić information content (AvgIpc) is 2.81. The van der Waals surface area contributed by atoms with E-state index in [0.29, 0.717) is 11.3 Å². The van der Waals surface area contributed by atoms with Crippen molar-refractivity contribution >= 4 is 11.3 Å². The Morgan fingerprint density at radius 2 is 1.90 bits per heavy atom. The third-order valence-corrected chi connectivity index (χ3v) is 4.04. The smallest absolute Gasteiger partial charge is 0.132 e. The van der Waals surface area contributed by atoms with E-state index in [1.54, 1.807) is 36.4 Å². The van der Waals surface area contributed by atoms with Crippen LogP contribution in [0.2, 0.25) is 0 Å². The molecule has 4 heteroatoms. The molecular weight excluding hydrogens is 273 g/mol. The highest BCUT2D eigenvalue weighted by molar-refractivity contribution is 7.15. The van der Waals surface area contributed by atoms with Gasteiger partial charge in [0.05, 0.1) is 5.69 Å². The van der Waals surface area contributed by atoms with Gasteiger partial charge in [0.1, 0.15) is 16.6 Å². The minimum Gasteiger partial charge on any atom is -0.508 e. The number of aryl methyl sites for hydroxylation is 1. The quantitative estimate of drug-likeness (QED) is 0.744. The molecule has 0 saturated heterocycles. The Balaban J connectivity index is 2.10. The summed E-state index contributed by atoms with van der Waals surface area (Å²) in [6, 6.07) is 13.5. The summed E-state index contributed by atoms with van der Waals surface area (Å²) in [5.74, 6) is -0.0776. The van der Waals surface area contributed by atoms with Gasteiger partial charge < -0.3 is 5.11 Å². The van der Waals surface area contributed by atoms with Crippen molar-refractivity contribution in [3.05, 3.63) is 59.2 Å². The van der Waals surface area contributed by atoms with Crippen LogP contribution >= 0.6 is 11.3 Å². The molecular formula is C16H12FNOS. The van der Waals surface area contributed by atoms with Gasteiger partial charge in [0.25, 0.3) is 0 Å². The van der Waals surface area contributed by atoms with Crippen molar-refractivity contribution in [1.82, 2.24) is 4.98 Å². The second-order valence-corrected chi connectivity index (χ2v) is 5.66. The number of phenols is 1. The number of phenolic OH excluding ortho intramolecular Hbond substituents is 1. The van der Waals surface area contributed by atoms with Gasteiger partial charge in [-0.05, 0) is 31.2 Å². The first-order chi connectivity index (χ1) is 9.65. The van der Waals surface area contributed by atoms with E-state index in [2.05, 4.69) is 4.98 Å². The third-order valence-electron chi connectivity index (χ3n) is 3.02. The van der Waals surface area contributed by atoms with Crippen molar-refractivity contribution in [1.29, 1.82) is 0 Å². The minimum atomic E-state index is -0.275. The highest BCUT2D eigenvalue weighted by Gasteiger charge is 2.14. The van der Waals surface area contributed by atoms with Gasteiger partial charge in [-0.15, -0.1) is 11.3 Å². The molecule has 2 nitrogen and oxygen atoms in total. The number of rotatable bonds is 2. The molecule has 0 amide bonds. The van der Waals surface area contributed by atoms with Crippen LogP contribution < -0.4 is 0 Å². The summed E-state index contributed by atoms with van der Waals surface area (Å²) >= 11 is 1.49. The molecule has 100 valence electrons. The largest absolute Gasteiger partial charge is 0.508 e. The van der Waals surface area contributed by atoms with Crippen molar-refractivity contribution < 1.29 is 9.50 Å². The lowest BCUT2D eigenvalue weighted by atomic mass is 10.1. The number of halogens is 1. The fourth-order valence-corrected chi connectivity index (χ4v) is 2.99. The molecule has 0 atom stereocenters. The molecule has 0 fully saturated rings. The van der Waals surface area contributed by atoms with Crippen molar-refractivity contribution in [3.63, 3.8) is 0 Å². The minimum absolute atomic E-state index is 0.197. The molecule has 20 heavy (non-hydrogen) atoms. The summed E-state index contributed by atoms with van der Waals surface area (Å²) in [5.41, 5.74) is 2.00. The van der Waals surface area contributed by atoms with Gasteiger partial charge in [0, 0.05) is 16.0 Å². The lowest BCUT2D eigenvalue weighted by molar-refractivity contribution is 0.475. The van der Waals surface area contributed by atoms with Gasteiger partial charge in [-0.2, -0.15) is 0 Å². The van der Waals surface area contributed by atoms with E-state index < -0.39 is 0 Å². The molecule has 0 unspecified atom stereocenters. The summed E-state index contributed by atoms with van der Waals surface area (Å²) < 4.78 is 13.9. The zero-order chi connectivity index (χ0) is 14.1. The second-order valence-electron chi connectivity index (χ2n) is 4.45. The summed E-state index contributed by atoms with van der Waals surface area (Å²) in [5, 5.41) is 10.3. The van der Waals surface area contributed by atoms with Gasteiger partial charge in [-0.3, -0.25) is 0 Å². The molecule has 1 N–H and O–H groups in total. The Hall–Kier alpha value is -2.20. The number of thiazole rings is 1. The lowest BCUT2D eigenvalue weighted by Gasteiger charge is -2.00. The van der Waals surface area contributed by atoms with E-state index in [0.717, 1.165) is 15.4 Å².